The van der Waals surface area contributed by atoms with Crippen molar-refractivity contribution < 1.29 is 0 Å². The zero-order valence-corrected chi connectivity index (χ0v) is 11.4. The summed E-state index contributed by atoms with van der Waals surface area (Å²) in [6, 6.07) is 6.36. The maximum Gasteiger partial charge on any atom is 0.0446 e. The second-order valence-electron chi connectivity index (χ2n) is 4.31. The molecule has 1 aromatic rings. The van der Waals surface area contributed by atoms with Crippen LogP contribution in [0.1, 0.15) is 29.9 Å². The lowest BCUT2D eigenvalue weighted by atomic mass is 9.92. The van der Waals surface area contributed by atoms with Crippen LogP contribution in [0.4, 0.5) is 0 Å². The fourth-order valence-electron chi connectivity index (χ4n) is 2.19. The van der Waals surface area contributed by atoms with Crippen LogP contribution >= 0.6 is 23.4 Å². The minimum Gasteiger partial charge on any atom is -0.327 e. The zero-order valence-electron chi connectivity index (χ0n) is 9.86. The monoisotopic (exact) mass is 267 g/mol. The number of hydrogen-bond donors (Lipinski definition) is 1. The Balaban J connectivity index is 2.15. The first-order valence-corrected chi connectivity index (χ1v) is 7.58. The molecule has 0 aromatic heterocycles. The number of thioether (sulfide) groups is 1. The van der Waals surface area contributed by atoms with Crippen LogP contribution in [0.25, 0.3) is 6.08 Å². The maximum absolute atomic E-state index is 6.37. The third-order valence-electron chi connectivity index (χ3n) is 3.13. The lowest BCUT2D eigenvalue weighted by Gasteiger charge is -2.22. The van der Waals surface area contributed by atoms with Gasteiger partial charge in [-0.2, -0.15) is 11.8 Å². The summed E-state index contributed by atoms with van der Waals surface area (Å²) in [5, 5.41) is 0.904. The minimum atomic E-state index is 0.569. The summed E-state index contributed by atoms with van der Waals surface area (Å²) in [6.07, 6.45) is 6.47. The van der Waals surface area contributed by atoms with Gasteiger partial charge in [-0.25, -0.2) is 0 Å². The third kappa shape index (κ3) is 3.51. The van der Waals surface area contributed by atoms with Crippen molar-refractivity contribution in [2.24, 2.45) is 5.73 Å². The highest BCUT2D eigenvalue weighted by Crippen LogP contribution is 2.35. The summed E-state index contributed by atoms with van der Waals surface area (Å²) in [5.74, 6) is 3.17. The van der Waals surface area contributed by atoms with Gasteiger partial charge in [0.05, 0.1) is 0 Å². The van der Waals surface area contributed by atoms with Crippen molar-refractivity contribution in [2.75, 3.05) is 18.1 Å². The van der Waals surface area contributed by atoms with Gasteiger partial charge in [-0.15, -0.1) is 0 Å². The molecule has 0 atom stereocenters. The van der Waals surface area contributed by atoms with Crippen LogP contribution in [0, 0.1) is 0 Å². The van der Waals surface area contributed by atoms with Gasteiger partial charge in [0.25, 0.3) is 0 Å². The van der Waals surface area contributed by atoms with Crippen LogP contribution in [0.5, 0.6) is 0 Å². The maximum atomic E-state index is 6.37. The lowest BCUT2D eigenvalue weighted by Crippen LogP contribution is -2.08. The van der Waals surface area contributed by atoms with Crippen LogP contribution in [0.2, 0.25) is 5.02 Å². The van der Waals surface area contributed by atoms with Crippen molar-refractivity contribution in [1.82, 2.24) is 0 Å². The van der Waals surface area contributed by atoms with Crippen LogP contribution in [0.15, 0.2) is 24.3 Å². The molecule has 0 saturated carbocycles. The number of benzene rings is 1. The molecule has 92 valence electrons. The second-order valence-corrected chi connectivity index (χ2v) is 5.94. The molecule has 1 fully saturated rings. The third-order valence-corrected chi connectivity index (χ3v) is 4.51. The SMILES string of the molecule is NC/C=C/c1ccc(C2CCSCC2)c(Cl)c1. The normalized spacial score (nSPS) is 17.8. The molecular weight excluding hydrogens is 250 g/mol. The Morgan fingerprint density at radius 2 is 2.12 bits per heavy atom. The molecule has 0 unspecified atom stereocenters. The molecule has 3 heteroatoms. The molecule has 0 bridgehead atoms. The molecular formula is C14H18ClNS. The molecule has 1 nitrogen and oxygen atoms in total. The quantitative estimate of drug-likeness (QED) is 0.898. The Labute approximate surface area is 112 Å². The summed E-state index contributed by atoms with van der Waals surface area (Å²) in [6.45, 7) is 0.569. The molecule has 0 radical (unpaired) electrons. The summed E-state index contributed by atoms with van der Waals surface area (Å²) < 4.78 is 0. The molecule has 1 aromatic carbocycles. The predicted molar refractivity (Wildman–Crippen MR) is 78.8 cm³/mol. The van der Waals surface area contributed by atoms with Crippen molar-refractivity contribution in [2.45, 2.75) is 18.8 Å². The van der Waals surface area contributed by atoms with Crippen molar-refractivity contribution in [3.05, 3.63) is 40.4 Å². The predicted octanol–water partition coefficient (Wildman–Crippen LogP) is 3.92. The summed E-state index contributed by atoms with van der Waals surface area (Å²) in [5.41, 5.74) is 7.89. The van der Waals surface area contributed by atoms with E-state index in [9.17, 15) is 0 Å². The van der Waals surface area contributed by atoms with Gasteiger partial charge in [0, 0.05) is 11.6 Å². The summed E-state index contributed by atoms with van der Waals surface area (Å²) >= 11 is 8.42. The van der Waals surface area contributed by atoms with E-state index >= 15 is 0 Å². The highest BCUT2D eigenvalue weighted by Gasteiger charge is 2.17. The first kappa shape index (κ1) is 13.0. The summed E-state index contributed by atoms with van der Waals surface area (Å²) in [7, 11) is 0. The van der Waals surface area contributed by atoms with Crippen LogP contribution in [-0.2, 0) is 0 Å². The van der Waals surface area contributed by atoms with E-state index in [1.165, 1.54) is 29.9 Å². The highest BCUT2D eigenvalue weighted by atomic mass is 35.5. The standard InChI is InChI=1S/C14H18ClNS/c15-14-10-11(2-1-7-16)3-4-13(14)12-5-8-17-9-6-12/h1-4,10,12H,5-9,16H2/b2-1+. The van der Waals surface area contributed by atoms with Gasteiger partial charge in [-0.3, -0.25) is 0 Å². The van der Waals surface area contributed by atoms with Gasteiger partial charge in [-0.1, -0.05) is 35.9 Å². The van der Waals surface area contributed by atoms with Crippen LogP contribution in [-0.4, -0.2) is 18.1 Å². The Morgan fingerprint density at radius 1 is 1.35 bits per heavy atom. The molecule has 0 spiro atoms. The second kappa shape index (κ2) is 6.48. The van der Waals surface area contributed by atoms with Crippen molar-refractivity contribution in [1.29, 1.82) is 0 Å². The molecule has 2 rings (SSSR count). The first-order valence-electron chi connectivity index (χ1n) is 6.05. The average molecular weight is 268 g/mol. The fourth-order valence-corrected chi connectivity index (χ4v) is 3.64. The fraction of sp³-hybridized carbons (Fsp3) is 0.429. The van der Waals surface area contributed by atoms with E-state index in [1.54, 1.807) is 0 Å². The Morgan fingerprint density at radius 3 is 2.76 bits per heavy atom. The van der Waals surface area contributed by atoms with E-state index in [0.717, 1.165) is 10.6 Å². The van der Waals surface area contributed by atoms with Crippen LogP contribution in [0.3, 0.4) is 0 Å². The topological polar surface area (TPSA) is 26.0 Å². The van der Waals surface area contributed by atoms with Gasteiger partial charge < -0.3 is 5.73 Å². The molecule has 2 N–H and O–H groups in total. The zero-order chi connectivity index (χ0) is 12.1. The number of hydrogen-bond acceptors (Lipinski definition) is 2. The van der Waals surface area contributed by atoms with Crippen molar-refractivity contribution in [3.63, 3.8) is 0 Å². The molecule has 1 aliphatic rings. The van der Waals surface area contributed by atoms with Crippen molar-refractivity contribution in [3.8, 4) is 0 Å². The smallest absolute Gasteiger partial charge is 0.0446 e. The Bertz CT molecular complexity index is 397. The Kier molecular flexibility index (Phi) is 4.96. The number of nitrogens with two attached hydrogens (primary N) is 1. The van der Waals surface area contributed by atoms with Gasteiger partial charge >= 0.3 is 0 Å². The van der Waals surface area contributed by atoms with Crippen LogP contribution < -0.4 is 5.73 Å². The van der Waals surface area contributed by atoms with E-state index in [2.05, 4.69) is 12.1 Å². The van der Waals surface area contributed by atoms with E-state index in [0.29, 0.717) is 12.5 Å². The average Bonchev–Trinajstić information content (AvgIpc) is 2.37. The largest absolute Gasteiger partial charge is 0.327 e. The first-order chi connectivity index (χ1) is 8.31. The van der Waals surface area contributed by atoms with E-state index in [4.69, 9.17) is 17.3 Å². The molecule has 1 saturated heterocycles. The minimum absolute atomic E-state index is 0.569. The van der Waals surface area contributed by atoms with Crippen molar-refractivity contribution >= 4 is 29.4 Å². The molecule has 1 aliphatic heterocycles. The number of rotatable bonds is 3. The van der Waals surface area contributed by atoms with Gasteiger partial charge in [0.1, 0.15) is 0 Å². The van der Waals surface area contributed by atoms with E-state index in [-0.39, 0.29) is 0 Å². The highest BCUT2D eigenvalue weighted by molar-refractivity contribution is 7.99. The molecule has 1 heterocycles. The number of halogens is 1. The Hall–Kier alpha value is -0.440. The van der Waals surface area contributed by atoms with Gasteiger partial charge in [-0.05, 0) is 47.5 Å². The van der Waals surface area contributed by atoms with Gasteiger partial charge in [0.15, 0.2) is 0 Å². The van der Waals surface area contributed by atoms with Gasteiger partial charge in [0.2, 0.25) is 0 Å². The van der Waals surface area contributed by atoms with E-state index < -0.39 is 0 Å². The lowest BCUT2D eigenvalue weighted by molar-refractivity contribution is 0.637. The van der Waals surface area contributed by atoms with E-state index in [1.807, 2.05) is 30.0 Å². The molecule has 17 heavy (non-hydrogen) atoms. The molecule has 0 amide bonds. The summed E-state index contributed by atoms with van der Waals surface area (Å²) in [4.78, 5) is 0. The molecule has 0 aliphatic carbocycles.